The van der Waals surface area contributed by atoms with E-state index in [9.17, 15) is 0 Å². The van der Waals surface area contributed by atoms with Crippen LogP contribution in [0, 0.1) is 0 Å². The van der Waals surface area contributed by atoms with Crippen molar-refractivity contribution in [3.8, 4) is 0 Å². The van der Waals surface area contributed by atoms with Gasteiger partial charge in [-0.3, -0.25) is 4.98 Å². The molecule has 18 heavy (non-hydrogen) atoms. The van der Waals surface area contributed by atoms with Crippen molar-refractivity contribution in [1.82, 2.24) is 14.5 Å². The lowest BCUT2D eigenvalue weighted by atomic mass is 10.0. The maximum Gasteiger partial charge on any atom is 0.0513 e. The Balaban J connectivity index is 1.80. The van der Waals surface area contributed by atoms with E-state index in [2.05, 4.69) is 46.6 Å². The highest BCUT2D eigenvalue weighted by atomic mass is 15.2. The number of hydrogen-bond acceptors (Lipinski definition) is 2. The van der Waals surface area contributed by atoms with Crippen molar-refractivity contribution in [1.29, 1.82) is 0 Å². The largest absolute Gasteiger partial charge is 0.344 e. The summed E-state index contributed by atoms with van der Waals surface area (Å²) >= 11 is 0. The molecule has 96 valence electrons. The average molecular weight is 243 g/mol. The number of rotatable bonds is 2. The van der Waals surface area contributed by atoms with Crippen LogP contribution in [0.3, 0.4) is 0 Å². The van der Waals surface area contributed by atoms with Gasteiger partial charge in [-0.1, -0.05) is 0 Å². The quantitative estimate of drug-likeness (QED) is 0.808. The molecule has 0 aromatic carbocycles. The van der Waals surface area contributed by atoms with E-state index >= 15 is 0 Å². The predicted molar refractivity (Wildman–Crippen MR) is 74.7 cm³/mol. The first-order valence-electron chi connectivity index (χ1n) is 6.90. The molecule has 0 atom stereocenters. The third-order valence-corrected chi connectivity index (χ3v) is 4.14. The van der Waals surface area contributed by atoms with Crippen LogP contribution < -0.4 is 0 Å². The van der Waals surface area contributed by atoms with Gasteiger partial charge in [-0.05, 0) is 38.8 Å². The number of pyridine rings is 1. The van der Waals surface area contributed by atoms with E-state index in [4.69, 9.17) is 0 Å². The fourth-order valence-corrected chi connectivity index (χ4v) is 3.00. The highest BCUT2D eigenvalue weighted by molar-refractivity contribution is 5.78. The van der Waals surface area contributed by atoms with Gasteiger partial charge < -0.3 is 9.47 Å². The van der Waals surface area contributed by atoms with Crippen LogP contribution in [0.5, 0.6) is 0 Å². The number of nitrogens with zero attached hydrogens (tertiary/aromatic N) is 3. The minimum Gasteiger partial charge on any atom is -0.344 e. The van der Waals surface area contributed by atoms with Crippen molar-refractivity contribution in [3.05, 3.63) is 30.7 Å². The zero-order valence-corrected chi connectivity index (χ0v) is 11.2. The number of likely N-dealkylation sites (tertiary alicyclic amines) is 1. The molecule has 0 aliphatic carbocycles. The van der Waals surface area contributed by atoms with E-state index in [0.717, 1.165) is 0 Å². The molecule has 0 unspecified atom stereocenters. The lowest BCUT2D eigenvalue weighted by Gasteiger charge is -2.35. The Morgan fingerprint density at radius 3 is 2.72 bits per heavy atom. The Kier molecular flexibility index (Phi) is 3.08. The summed E-state index contributed by atoms with van der Waals surface area (Å²) in [6, 6.07) is 5.64. The molecule has 0 N–H and O–H groups in total. The zero-order valence-electron chi connectivity index (χ0n) is 11.2. The van der Waals surface area contributed by atoms with Crippen LogP contribution in [0.1, 0.15) is 32.7 Å². The molecule has 1 aliphatic heterocycles. The summed E-state index contributed by atoms with van der Waals surface area (Å²) in [7, 11) is 0. The summed E-state index contributed by atoms with van der Waals surface area (Å²) < 4.78 is 2.44. The summed E-state index contributed by atoms with van der Waals surface area (Å²) in [5.41, 5.74) is 1.33. The predicted octanol–water partition coefficient (Wildman–Crippen LogP) is 3.08. The molecule has 2 aromatic rings. The molecule has 1 aliphatic rings. The second kappa shape index (κ2) is 4.73. The van der Waals surface area contributed by atoms with Gasteiger partial charge in [0.15, 0.2) is 0 Å². The lowest BCUT2D eigenvalue weighted by Crippen LogP contribution is -2.38. The number of aromatic nitrogens is 2. The monoisotopic (exact) mass is 243 g/mol. The highest BCUT2D eigenvalue weighted by Gasteiger charge is 2.22. The van der Waals surface area contributed by atoms with Crippen LogP contribution in [0.4, 0.5) is 0 Å². The summed E-state index contributed by atoms with van der Waals surface area (Å²) in [5, 5.41) is 1.25. The topological polar surface area (TPSA) is 21.1 Å². The maximum absolute atomic E-state index is 4.19. The normalized spacial score (nSPS) is 18.8. The molecule has 0 saturated carbocycles. The minimum atomic E-state index is 0.653. The summed E-state index contributed by atoms with van der Waals surface area (Å²) in [4.78, 5) is 6.76. The van der Waals surface area contributed by atoms with Crippen molar-refractivity contribution in [2.75, 3.05) is 13.1 Å². The third kappa shape index (κ3) is 2.03. The Labute approximate surface area is 108 Å². The molecule has 0 amide bonds. The van der Waals surface area contributed by atoms with Crippen molar-refractivity contribution < 1.29 is 0 Å². The summed E-state index contributed by atoms with van der Waals surface area (Å²) in [5.74, 6) is 0. The maximum atomic E-state index is 4.19. The van der Waals surface area contributed by atoms with Crippen LogP contribution in [-0.2, 0) is 0 Å². The number of fused-ring (bicyclic) bond motifs is 1. The molecule has 3 heterocycles. The zero-order chi connectivity index (χ0) is 12.5. The Hall–Kier alpha value is -1.35. The molecule has 2 aromatic heterocycles. The van der Waals surface area contributed by atoms with Gasteiger partial charge in [0.25, 0.3) is 0 Å². The first kappa shape index (κ1) is 11.7. The molecule has 0 spiro atoms. The van der Waals surface area contributed by atoms with E-state index in [1.54, 1.807) is 0 Å². The van der Waals surface area contributed by atoms with Gasteiger partial charge in [-0.25, -0.2) is 0 Å². The van der Waals surface area contributed by atoms with Crippen molar-refractivity contribution in [3.63, 3.8) is 0 Å². The van der Waals surface area contributed by atoms with Crippen LogP contribution in [-0.4, -0.2) is 33.6 Å². The van der Waals surface area contributed by atoms with E-state index < -0.39 is 0 Å². The minimum absolute atomic E-state index is 0.653. The molecular weight excluding hydrogens is 222 g/mol. The summed E-state index contributed by atoms with van der Waals surface area (Å²) in [6.45, 7) is 7.01. The molecule has 0 bridgehead atoms. The molecule has 3 rings (SSSR count). The molecule has 1 saturated heterocycles. The van der Waals surface area contributed by atoms with Crippen molar-refractivity contribution in [2.45, 2.75) is 38.8 Å². The van der Waals surface area contributed by atoms with Crippen molar-refractivity contribution >= 4 is 10.9 Å². The van der Waals surface area contributed by atoms with Crippen LogP contribution in [0.25, 0.3) is 10.9 Å². The van der Waals surface area contributed by atoms with Gasteiger partial charge in [0.1, 0.15) is 0 Å². The SMILES string of the molecule is CC(C)N1CCC(n2ccc3cnccc32)CC1. The lowest BCUT2D eigenvalue weighted by molar-refractivity contribution is 0.153. The van der Waals surface area contributed by atoms with Crippen LogP contribution in [0.2, 0.25) is 0 Å². The van der Waals surface area contributed by atoms with Gasteiger partial charge in [0, 0.05) is 49.1 Å². The van der Waals surface area contributed by atoms with Gasteiger partial charge in [0.2, 0.25) is 0 Å². The Bertz CT molecular complexity index is 521. The molecule has 0 radical (unpaired) electrons. The first-order chi connectivity index (χ1) is 8.75. The fourth-order valence-electron chi connectivity index (χ4n) is 3.00. The van der Waals surface area contributed by atoms with Crippen LogP contribution >= 0.6 is 0 Å². The standard InChI is InChI=1S/C15H21N3/c1-12(2)17-8-5-14(6-9-17)18-10-4-13-11-16-7-3-15(13)18/h3-4,7,10-12,14H,5-6,8-9H2,1-2H3. The van der Waals surface area contributed by atoms with E-state index in [1.165, 1.54) is 36.8 Å². The molecule has 3 nitrogen and oxygen atoms in total. The molecule has 1 fully saturated rings. The van der Waals surface area contributed by atoms with Gasteiger partial charge in [-0.2, -0.15) is 0 Å². The van der Waals surface area contributed by atoms with Crippen LogP contribution in [0.15, 0.2) is 30.7 Å². The first-order valence-corrected chi connectivity index (χ1v) is 6.90. The Morgan fingerprint density at radius 1 is 1.22 bits per heavy atom. The third-order valence-electron chi connectivity index (χ3n) is 4.14. The summed E-state index contributed by atoms with van der Waals surface area (Å²) in [6.07, 6.45) is 8.58. The van der Waals surface area contributed by atoms with Gasteiger partial charge in [-0.15, -0.1) is 0 Å². The van der Waals surface area contributed by atoms with E-state index in [0.29, 0.717) is 12.1 Å². The number of piperidine rings is 1. The van der Waals surface area contributed by atoms with Gasteiger partial charge in [0.05, 0.1) is 5.52 Å². The molecular formula is C15H21N3. The van der Waals surface area contributed by atoms with Gasteiger partial charge >= 0.3 is 0 Å². The Morgan fingerprint density at radius 2 is 2.00 bits per heavy atom. The van der Waals surface area contributed by atoms with Crippen molar-refractivity contribution in [2.24, 2.45) is 0 Å². The smallest absolute Gasteiger partial charge is 0.0513 e. The van der Waals surface area contributed by atoms with E-state index in [1.807, 2.05) is 12.4 Å². The number of hydrogen-bond donors (Lipinski definition) is 0. The average Bonchev–Trinajstić information content (AvgIpc) is 2.82. The molecule has 3 heteroatoms. The van der Waals surface area contributed by atoms with E-state index in [-0.39, 0.29) is 0 Å². The highest BCUT2D eigenvalue weighted by Crippen LogP contribution is 2.27. The second-order valence-corrected chi connectivity index (χ2v) is 5.52. The second-order valence-electron chi connectivity index (χ2n) is 5.52. The fraction of sp³-hybridized carbons (Fsp3) is 0.533.